The van der Waals surface area contributed by atoms with Crippen molar-refractivity contribution < 1.29 is 4.79 Å². The van der Waals surface area contributed by atoms with Gasteiger partial charge < -0.3 is 4.90 Å². The Balaban J connectivity index is 1.49. The number of fused-ring (bicyclic) bond motifs is 2. The lowest BCUT2D eigenvalue weighted by Gasteiger charge is -2.35. The molecule has 1 atom stereocenters. The molecule has 3 aromatic rings. The lowest BCUT2D eigenvalue weighted by Crippen LogP contribution is -2.39. The van der Waals surface area contributed by atoms with Crippen molar-refractivity contribution >= 4 is 11.6 Å². The molecule has 0 spiro atoms. The molecule has 1 amide bonds. The molecule has 7 nitrogen and oxygen atoms in total. The van der Waals surface area contributed by atoms with Gasteiger partial charge in [0.25, 0.3) is 5.56 Å². The van der Waals surface area contributed by atoms with Crippen molar-refractivity contribution in [3.63, 3.8) is 0 Å². The smallest absolute Gasteiger partial charge is 0.277 e. The predicted octanol–water partition coefficient (Wildman–Crippen LogP) is 2.96. The molecule has 0 aliphatic carbocycles. The summed E-state index contributed by atoms with van der Waals surface area (Å²) >= 11 is 0. The van der Waals surface area contributed by atoms with E-state index in [0.29, 0.717) is 30.7 Å². The standard InChI is InChI=1S/C24H29N5O2/c1-16-7-3-4-8-18(16)14-28-11-6-5-9-22(28)21-13-23-25-20-10-12-27(17(2)30)15-19(20)24(31)29(23)26-21/h3-4,7-8,13,22,26H,5-6,9-12,14-15H2,1-2H3/t22-/m1/s1. The van der Waals surface area contributed by atoms with Crippen LogP contribution in [0.3, 0.4) is 0 Å². The Labute approximate surface area is 181 Å². The first-order valence-electron chi connectivity index (χ1n) is 11.2. The minimum atomic E-state index is -0.0848. The molecular weight excluding hydrogens is 390 g/mol. The summed E-state index contributed by atoms with van der Waals surface area (Å²) in [6.07, 6.45) is 4.06. The summed E-state index contributed by atoms with van der Waals surface area (Å²) in [5.41, 5.74) is 5.75. The fourth-order valence-electron chi connectivity index (χ4n) is 4.98. The SMILES string of the molecule is CC(=O)N1CCc2nc3cc([C@H]4CCCCN4Cc4ccccc4C)[nH]n3c(=O)c2C1. The highest BCUT2D eigenvalue weighted by molar-refractivity contribution is 5.73. The van der Waals surface area contributed by atoms with E-state index in [1.165, 1.54) is 24.0 Å². The number of rotatable bonds is 3. The fraction of sp³-hybridized carbons (Fsp3) is 0.458. The number of nitrogens with zero attached hydrogens (tertiary/aromatic N) is 4. The van der Waals surface area contributed by atoms with Crippen LogP contribution in [-0.4, -0.2) is 43.4 Å². The number of benzene rings is 1. The first kappa shape index (κ1) is 20.0. The van der Waals surface area contributed by atoms with Gasteiger partial charge in [0, 0.05) is 32.5 Å². The van der Waals surface area contributed by atoms with E-state index >= 15 is 0 Å². The van der Waals surface area contributed by atoms with E-state index in [1.54, 1.807) is 16.3 Å². The normalized spacial score (nSPS) is 19.5. The zero-order valence-electron chi connectivity index (χ0n) is 18.2. The minimum Gasteiger partial charge on any atom is -0.338 e. The number of H-pyrrole nitrogens is 1. The molecule has 0 bridgehead atoms. The van der Waals surface area contributed by atoms with E-state index in [-0.39, 0.29) is 17.5 Å². The Hall–Kier alpha value is -2.93. The monoisotopic (exact) mass is 419 g/mol. The summed E-state index contributed by atoms with van der Waals surface area (Å²) in [5.74, 6) is -0.00336. The molecule has 2 aliphatic rings. The number of amides is 1. The Morgan fingerprint density at radius 2 is 2.06 bits per heavy atom. The van der Waals surface area contributed by atoms with E-state index in [9.17, 15) is 9.59 Å². The highest BCUT2D eigenvalue weighted by Gasteiger charge is 2.28. The van der Waals surface area contributed by atoms with Crippen molar-refractivity contribution in [3.05, 3.63) is 68.8 Å². The molecule has 2 aromatic heterocycles. The number of nitrogens with one attached hydrogen (secondary N) is 1. The van der Waals surface area contributed by atoms with Crippen molar-refractivity contribution in [2.45, 2.75) is 58.7 Å². The van der Waals surface area contributed by atoms with E-state index in [0.717, 1.165) is 30.9 Å². The van der Waals surface area contributed by atoms with Crippen LogP contribution in [0.15, 0.2) is 35.1 Å². The third-order valence-electron chi connectivity index (χ3n) is 6.83. The molecule has 1 fully saturated rings. The van der Waals surface area contributed by atoms with Crippen LogP contribution in [0.1, 0.15) is 60.3 Å². The summed E-state index contributed by atoms with van der Waals surface area (Å²) < 4.78 is 1.57. The lowest BCUT2D eigenvalue weighted by atomic mass is 9.98. The van der Waals surface area contributed by atoms with Crippen molar-refractivity contribution in [1.29, 1.82) is 0 Å². The minimum absolute atomic E-state index is 0.00336. The van der Waals surface area contributed by atoms with E-state index < -0.39 is 0 Å². The number of piperidine rings is 1. The van der Waals surface area contributed by atoms with Crippen molar-refractivity contribution in [3.8, 4) is 0 Å². The van der Waals surface area contributed by atoms with Crippen molar-refractivity contribution in [1.82, 2.24) is 24.4 Å². The third-order valence-corrected chi connectivity index (χ3v) is 6.83. The van der Waals surface area contributed by atoms with Crippen LogP contribution in [0.4, 0.5) is 0 Å². The number of likely N-dealkylation sites (tertiary alicyclic amines) is 1. The summed E-state index contributed by atoms with van der Waals surface area (Å²) in [5, 5.41) is 3.35. The Kier molecular flexibility index (Phi) is 5.14. The topological polar surface area (TPSA) is 73.7 Å². The van der Waals surface area contributed by atoms with Gasteiger partial charge in [-0.05, 0) is 37.4 Å². The predicted molar refractivity (Wildman–Crippen MR) is 119 cm³/mol. The maximum absolute atomic E-state index is 13.2. The van der Waals surface area contributed by atoms with Crippen LogP contribution < -0.4 is 5.56 Å². The first-order chi connectivity index (χ1) is 15.0. The lowest BCUT2D eigenvalue weighted by molar-refractivity contribution is -0.129. The molecule has 0 unspecified atom stereocenters. The van der Waals surface area contributed by atoms with Crippen LogP contribution in [0.25, 0.3) is 5.65 Å². The van der Waals surface area contributed by atoms with Gasteiger partial charge >= 0.3 is 0 Å². The van der Waals surface area contributed by atoms with Gasteiger partial charge in [-0.3, -0.25) is 19.6 Å². The molecule has 1 aromatic carbocycles. The number of carbonyl (C=O) groups excluding carboxylic acids is 1. The zero-order chi connectivity index (χ0) is 21.5. The number of aromatic amines is 1. The quantitative estimate of drug-likeness (QED) is 0.708. The highest BCUT2D eigenvalue weighted by atomic mass is 16.2. The summed E-state index contributed by atoms with van der Waals surface area (Å²) in [7, 11) is 0. The molecule has 1 N–H and O–H groups in total. The van der Waals surface area contributed by atoms with Gasteiger partial charge in [-0.2, -0.15) is 0 Å². The molecule has 0 radical (unpaired) electrons. The number of aryl methyl sites for hydroxylation is 1. The van der Waals surface area contributed by atoms with Gasteiger partial charge in [0.2, 0.25) is 5.91 Å². The average Bonchev–Trinajstić information content (AvgIpc) is 3.20. The number of hydrogen-bond acceptors (Lipinski definition) is 4. The molecular formula is C24H29N5O2. The molecule has 0 saturated carbocycles. The van der Waals surface area contributed by atoms with Crippen molar-refractivity contribution in [2.75, 3.05) is 13.1 Å². The van der Waals surface area contributed by atoms with E-state index in [2.05, 4.69) is 41.2 Å². The average molecular weight is 420 g/mol. The Morgan fingerprint density at radius 1 is 1.23 bits per heavy atom. The van der Waals surface area contributed by atoms with Crippen LogP contribution >= 0.6 is 0 Å². The van der Waals surface area contributed by atoms with Crippen molar-refractivity contribution in [2.24, 2.45) is 0 Å². The van der Waals surface area contributed by atoms with Gasteiger partial charge in [-0.15, -0.1) is 0 Å². The van der Waals surface area contributed by atoms with Crippen LogP contribution in [0.5, 0.6) is 0 Å². The van der Waals surface area contributed by atoms with Crippen LogP contribution in [-0.2, 0) is 24.3 Å². The third kappa shape index (κ3) is 3.67. The van der Waals surface area contributed by atoms with Gasteiger partial charge in [-0.25, -0.2) is 9.50 Å². The molecule has 162 valence electrons. The van der Waals surface area contributed by atoms with E-state index in [4.69, 9.17) is 4.98 Å². The van der Waals surface area contributed by atoms with Gasteiger partial charge in [0.1, 0.15) is 0 Å². The second kappa shape index (κ2) is 7.96. The second-order valence-corrected chi connectivity index (χ2v) is 8.85. The second-order valence-electron chi connectivity index (χ2n) is 8.85. The fourth-order valence-corrected chi connectivity index (χ4v) is 4.98. The summed E-state index contributed by atoms with van der Waals surface area (Å²) in [6.45, 7) is 6.62. The number of carbonyl (C=O) groups is 1. The van der Waals surface area contributed by atoms with Crippen LogP contribution in [0, 0.1) is 6.92 Å². The molecule has 2 aliphatic heterocycles. The van der Waals surface area contributed by atoms with Gasteiger partial charge in [0.15, 0.2) is 5.65 Å². The van der Waals surface area contributed by atoms with Gasteiger partial charge in [0.05, 0.1) is 29.5 Å². The maximum atomic E-state index is 13.2. The molecule has 7 heteroatoms. The van der Waals surface area contributed by atoms with E-state index in [1.807, 2.05) is 6.07 Å². The van der Waals surface area contributed by atoms with Gasteiger partial charge in [-0.1, -0.05) is 30.7 Å². The Bertz CT molecular complexity index is 1190. The molecule has 4 heterocycles. The molecule has 5 rings (SSSR count). The number of hydrogen-bond donors (Lipinski definition) is 1. The maximum Gasteiger partial charge on any atom is 0.277 e. The molecule has 1 saturated heterocycles. The molecule has 31 heavy (non-hydrogen) atoms. The number of aromatic nitrogens is 3. The zero-order valence-corrected chi connectivity index (χ0v) is 18.2. The van der Waals surface area contributed by atoms with Crippen LogP contribution in [0.2, 0.25) is 0 Å². The first-order valence-corrected chi connectivity index (χ1v) is 11.2. The summed E-state index contributed by atoms with van der Waals surface area (Å²) in [6, 6.07) is 10.8. The Morgan fingerprint density at radius 3 is 2.87 bits per heavy atom. The largest absolute Gasteiger partial charge is 0.338 e. The summed E-state index contributed by atoms with van der Waals surface area (Å²) in [4.78, 5) is 34.0. The highest BCUT2D eigenvalue weighted by Crippen LogP contribution is 2.32.